The fourth-order valence-electron chi connectivity index (χ4n) is 6.04. The van der Waals surface area contributed by atoms with Crippen LogP contribution in [0.1, 0.15) is 110 Å². The van der Waals surface area contributed by atoms with Crippen molar-refractivity contribution in [3.05, 3.63) is 132 Å². The molecule has 0 saturated carbocycles. The van der Waals surface area contributed by atoms with Crippen LogP contribution in [0.4, 0.5) is 0 Å². The van der Waals surface area contributed by atoms with Crippen LogP contribution in [0.3, 0.4) is 0 Å². The second kappa shape index (κ2) is 20.5. The van der Waals surface area contributed by atoms with Crippen molar-refractivity contribution >= 4 is 45.3 Å². The van der Waals surface area contributed by atoms with Gasteiger partial charge in [-0.1, -0.05) is 119 Å². The Balaban J connectivity index is 0.000000687. The third kappa shape index (κ3) is 10.8. The largest absolute Gasteiger partial charge is 1.00 e. The summed E-state index contributed by atoms with van der Waals surface area (Å²) >= 11 is 5.64. The fourth-order valence-corrected chi connectivity index (χ4v) is 6.14. The van der Waals surface area contributed by atoms with E-state index >= 15 is 0 Å². The van der Waals surface area contributed by atoms with Gasteiger partial charge in [-0.3, -0.25) is 14.4 Å². The number of hydrogen-bond donors (Lipinski definition) is 1. The zero-order valence-corrected chi connectivity index (χ0v) is 34.3. The molecule has 6 rings (SSSR count). The molecule has 0 unspecified atom stereocenters. The number of carbonyl (C=O) groups excluding carboxylic acids is 2. The molecular weight excluding hydrogens is 703 g/mol. The molecule has 0 fully saturated rings. The van der Waals surface area contributed by atoms with E-state index < -0.39 is 16.8 Å². The Bertz CT molecular complexity index is 1540. The Labute approximate surface area is 324 Å². The van der Waals surface area contributed by atoms with Crippen molar-refractivity contribution in [1.29, 1.82) is 0 Å². The van der Waals surface area contributed by atoms with Crippen LogP contribution in [-0.4, -0.2) is 22.1 Å². The molecule has 3 aliphatic rings. The van der Waals surface area contributed by atoms with E-state index in [0.29, 0.717) is 0 Å². The number of benzene rings is 3. The third-order valence-corrected chi connectivity index (χ3v) is 9.90. The number of fused-ring (bicyclic) bond motifs is 3. The summed E-state index contributed by atoms with van der Waals surface area (Å²) in [4.78, 5) is 34.2. The van der Waals surface area contributed by atoms with E-state index in [1.165, 1.54) is 27.8 Å². The van der Waals surface area contributed by atoms with Crippen LogP contribution in [0, 0.1) is 23.7 Å². The van der Waals surface area contributed by atoms with E-state index in [9.17, 15) is 19.5 Å². The van der Waals surface area contributed by atoms with E-state index in [2.05, 4.69) is 48.6 Å². The van der Waals surface area contributed by atoms with Gasteiger partial charge in [0.25, 0.3) is 0 Å². The summed E-state index contributed by atoms with van der Waals surface area (Å²) < 4.78 is 0. The van der Waals surface area contributed by atoms with Crippen LogP contribution in [0.25, 0.3) is 16.7 Å². The van der Waals surface area contributed by atoms with Gasteiger partial charge in [-0.2, -0.15) is 0 Å². The smallest absolute Gasteiger partial charge is 0.481 e. The van der Waals surface area contributed by atoms with Gasteiger partial charge >= 0.3 is 23.0 Å². The second-order valence-electron chi connectivity index (χ2n) is 13.4. The van der Waals surface area contributed by atoms with Crippen LogP contribution in [0.2, 0.25) is 0 Å². The van der Waals surface area contributed by atoms with Crippen molar-refractivity contribution in [2.45, 2.75) is 95.4 Å². The predicted octanol–water partition coefficient (Wildman–Crippen LogP) is 11.9. The Kier molecular flexibility index (Phi) is 19.1. The van der Waals surface area contributed by atoms with Crippen molar-refractivity contribution in [2.75, 3.05) is 0 Å². The minimum atomic E-state index is -0.799. The van der Waals surface area contributed by atoms with Crippen molar-refractivity contribution in [1.82, 2.24) is 0 Å². The Morgan fingerprint density at radius 1 is 0.549 bits per heavy atom. The monoisotopic (exact) mass is 760 g/mol. The molecule has 1 N–H and O–H groups in total. The Morgan fingerprint density at radius 3 is 1.10 bits per heavy atom. The Morgan fingerprint density at radius 2 is 0.824 bits per heavy atom. The maximum absolute atomic E-state index is 11.6. The van der Waals surface area contributed by atoms with Gasteiger partial charge in [-0.05, 0) is 129 Å². The van der Waals surface area contributed by atoms with E-state index in [4.69, 9.17) is 11.6 Å². The van der Waals surface area contributed by atoms with E-state index in [0.717, 1.165) is 41.5 Å². The molecule has 3 aromatic rings. The topological polar surface area (TPSA) is 71.4 Å². The maximum atomic E-state index is 11.6. The first-order chi connectivity index (χ1) is 23.1. The van der Waals surface area contributed by atoms with E-state index in [-0.39, 0.29) is 40.9 Å². The summed E-state index contributed by atoms with van der Waals surface area (Å²) in [5.41, 5.74) is 8.77. The molecule has 0 heterocycles. The van der Waals surface area contributed by atoms with Crippen molar-refractivity contribution in [3.8, 4) is 0 Å². The van der Waals surface area contributed by atoms with Crippen LogP contribution >= 0.6 is 11.6 Å². The number of hydrogen-bond acceptors (Lipinski definition) is 3. The molecule has 3 aliphatic carbocycles. The van der Waals surface area contributed by atoms with Gasteiger partial charge in [0.05, 0.1) is 10.8 Å². The number of carboxylic acid groups (broad SMARTS) is 1. The number of aliphatic carboxylic acids is 1. The molecule has 0 amide bonds. The van der Waals surface area contributed by atoms with Gasteiger partial charge in [0.15, 0.2) is 0 Å². The minimum Gasteiger partial charge on any atom is -0.481 e. The number of ketones is 1. The zero-order valence-electron chi connectivity index (χ0n) is 32.6. The predicted molar refractivity (Wildman–Crippen MR) is 214 cm³/mol. The first kappa shape index (κ1) is 47.5. The first-order valence-corrected chi connectivity index (χ1v) is 17.8. The van der Waals surface area contributed by atoms with Crippen molar-refractivity contribution in [2.24, 2.45) is 16.2 Å². The standard InChI is InChI=1S/C14H16O.C13H13ClO.C13H14O2.2C2H6.CH3.Cu/c1-10(15)14(2,3)13-9-8-11-6-4-5-7-12(11)13;2*1-13(2,12(14)15)11-8-7-9-5-3-4-6-10(9)11;2*1-2;;/h4-7,9H,8H2,1-3H3;3-6,8H,7H2,1-2H3;3-6,8H,7H2,1-2H3,(H,14,15);2*1-2H3;1H3;/q;;;;;-1;+1. The maximum Gasteiger partial charge on any atom is 1.00 e. The average Bonchev–Trinajstić information content (AvgIpc) is 3.84. The molecule has 0 saturated heterocycles. The molecule has 6 heteroatoms. The van der Waals surface area contributed by atoms with Crippen LogP contribution < -0.4 is 0 Å². The molecule has 0 radical (unpaired) electrons. The number of carboxylic acids is 1. The van der Waals surface area contributed by atoms with Crippen LogP contribution in [0.5, 0.6) is 0 Å². The quantitative estimate of drug-likeness (QED) is 0.154. The van der Waals surface area contributed by atoms with Crippen LogP contribution in [-0.2, 0) is 50.7 Å². The molecular formula is C45H58ClCuO4. The number of carbonyl (C=O) groups is 3. The summed E-state index contributed by atoms with van der Waals surface area (Å²) in [5.74, 6) is -0.545. The van der Waals surface area contributed by atoms with E-state index in [1.807, 2.05) is 97.9 Å². The van der Waals surface area contributed by atoms with Crippen molar-refractivity contribution < 1.29 is 36.6 Å². The number of halogens is 1. The van der Waals surface area contributed by atoms with E-state index in [1.54, 1.807) is 20.8 Å². The molecule has 4 nitrogen and oxygen atoms in total. The Hall–Kier alpha value is -3.50. The third-order valence-electron chi connectivity index (χ3n) is 9.43. The van der Waals surface area contributed by atoms with Gasteiger partial charge in [0.1, 0.15) is 5.78 Å². The summed E-state index contributed by atoms with van der Waals surface area (Å²) in [7, 11) is 0. The second-order valence-corrected chi connectivity index (χ2v) is 13.8. The van der Waals surface area contributed by atoms with Gasteiger partial charge in [-0.25, -0.2) is 0 Å². The normalized spacial score (nSPS) is 13.2. The number of rotatable bonds is 6. The molecule has 0 aliphatic heterocycles. The van der Waals surface area contributed by atoms with Gasteiger partial charge in [0.2, 0.25) is 5.24 Å². The van der Waals surface area contributed by atoms with Gasteiger partial charge in [0, 0.05) is 5.41 Å². The molecule has 280 valence electrons. The minimum absolute atomic E-state index is 0. The molecule has 0 bridgehead atoms. The van der Waals surface area contributed by atoms with Gasteiger partial charge < -0.3 is 12.5 Å². The summed E-state index contributed by atoms with van der Waals surface area (Å²) in [6.45, 7) is 20.9. The molecule has 0 atom stereocenters. The first-order valence-electron chi connectivity index (χ1n) is 17.4. The fraction of sp³-hybridized carbons (Fsp3) is 0.378. The van der Waals surface area contributed by atoms with Crippen molar-refractivity contribution in [3.63, 3.8) is 0 Å². The summed E-state index contributed by atoms with van der Waals surface area (Å²) in [6.07, 6.45) is 9.03. The summed E-state index contributed by atoms with van der Waals surface area (Å²) in [5, 5.41) is 8.89. The van der Waals surface area contributed by atoms with Crippen LogP contribution in [0.15, 0.2) is 91.0 Å². The average molecular weight is 762 g/mol. The van der Waals surface area contributed by atoms with Gasteiger partial charge in [-0.15, -0.1) is 0 Å². The molecule has 3 aromatic carbocycles. The zero-order chi connectivity index (χ0) is 37.2. The molecule has 0 spiro atoms. The molecule has 0 aromatic heterocycles. The summed E-state index contributed by atoms with van der Waals surface area (Å²) in [6, 6.07) is 24.5. The molecule has 51 heavy (non-hydrogen) atoms. The number of Topliss-reactive ketones (excluding diaryl/α,β-unsaturated/α-hetero) is 1. The number of allylic oxidation sites excluding steroid dienone is 5. The SMILES string of the molecule is CC.CC.CC(=O)C(C)(C)C1=CCc2ccccc21.CC(C)(C(=O)Cl)C1=CCc2ccccc21.CC(C)(C(=O)O)C1=CCc2ccccc21.[CH3-].[Cu+].